The molecule has 0 aliphatic heterocycles. The first-order chi connectivity index (χ1) is 10.3. The van der Waals surface area contributed by atoms with Crippen LogP contribution in [-0.2, 0) is 0 Å². The van der Waals surface area contributed by atoms with Gasteiger partial charge in [0, 0.05) is 22.9 Å². The van der Waals surface area contributed by atoms with Crippen molar-refractivity contribution in [2.75, 3.05) is 6.26 Å². The second kappa shape index (κ2) is 7.01. The maximum atomic E-state index is 12.4. The monoisotopic (exact) mass is 325 g/mol. The van der Waals surface area contributed by atoms with Crippen molar-refractivity contribution in [1.82, 2.24) is 15.6 Å². The molecule has 2 saturated carbocycles. The summed E-state index contributed by atoms with van der Waals surface area (Å²) in [6, 6.07) is 0.388. The Kier molecular flexibility index (Phi) is 5.06. The first-order valence-corrected chi connectivity index (χ1v) is 9.94. The van der Waals surface area contributed by atoms with Gasteiger partial charge in [-0.05, 0) is 37.9 Å². The van der Waals surface area contributed by atoms with Gasteiger partial charge in [-0.1, -0.05) is 12.8 Å². The average Bonchev–Trinajstić information content (AvgIpc) is 3.19. The topological polar surface area (TPSA) is 54.0 Å². The molecule has 116 valence electrons. The van der Waals surface area contributed by atoms with Gasteiger partial charge in [-0.15, -0.1) is 11.3 Å². The fraction of sp³-hybridized carbons (Fsp3) is 0.733. The van der Waals surface area contributed by atoms with Crippen molar-refractivity contribution in [1.29, 1.82) is 0 Å². The van der Waals surface area contributed by atoms with Gasteiger partial charge in [-0.2, -0.15) is 11.8 Å². The van der Waals surface area contributed by atoms with E-state index in [1.54, 1.807) is 11.3 Å². The third kappa shape index (κ3) is 3.92. The van der Waals surface area contributed by atoms with Crippen LogP contribution in [0.4, 0.5) is 4.79 Å². The van der Waals surface area contributed by atoms with Crippen molar-refractivity contribution in [2.24, 2.45) is 5.92 Å². The molecule has 2 aliphatic carbocycles. The van der Waals surface area contributed by atoms with Gasteiger partial charge in [0.15, 0.2) is 0 Å². The average molecular weight is 326 g/mol. The number of carbonyl (C=O) groups excluding carboxylic acids is 1. The molecule has 2 amide bonds. The van der Waals surface area contributed by atoms with E-state index < -0.39 is 0 Å². The summed E-state index contributed by atoms with van der Waals surface area (Å²) in [4.78, 5) is 16.7. The Balaban J connectivity index is 1.57. The van der Waals surface area contributed by atoms with Crippen molar-refractivity contribution < 1.29 is 4.79 Å². The highest BCUT2D eigenvalue weighted by Gasteiger charge is 2.35. The quantitative estimate of drug-likeness (QED) is 0.870. The van der Waals surface area contributed by atoms with Gasteiger partial charge >= 0.3 is 6.03 Å². The fourth-order valence-electron chi connectivity index (χ4n) is 3.09. The van der Waals surface area contributed by atoms with Crippen LogP contribution in [0.5, 0.6) is 0 Å². The molecule has 0 bridgehead atoms. The Hall–Kier alpha value is -0.750. The lowest BCUT2D eigenvalue weighted by Crippen LogP contribution is -2.49. The number of thiazole rings is 1. The largest absolute Gasteiger partial charge is 0.334 e. The van der Waals surface area contributed by atoms with E-state index in [9.17, 15) is 4.79 Å². The van der Waals surface area contributed by atoms with E-state index in [1.807, 2.05) is 23.3 Å². The molecular formula is C15H23N3OS2. The number of thioether (sulfide) groups is 1. The highest BCUT2D eigenvalue weighted by atomic mass is 32.2. The van der Waals surface area contributed by atoms with Gasteiger partial charge in [0.1, 0.15) is 5.01 Å². The SMILES string of the molecule is CSC1CCCCC1NC(=O)NC(c1nccs1)C1CC1. The molecule has 2 N–H and O–H groups in total. The predicted octanol–water partition coefficient (Wildman–Crippen LogP) is 3.57. The second-order valence-electron chi connectivity index (χ2n) is 5.97. The molecule has 2 aliphatic rings. The second-order valence-corrected chi connectivity index (χ2v) is 7.97. The fourth-order valence-corrected chi connectivity index (χ4v) is 4.81. The van der Waals surface area contributed by atoms with Crippen LogP contribution in [0.1, 0.15) is 49.6 Å². The van der Waals surface area contributed by atoms with Crippen LogP contribution in [-0.4, -0.2) is 28.6 Å². The summed E-state index contributed by atoms with van der Waals surface area (Å²) in [5, 5.41) is 9.94. The number of hydrogen-bond acceptors (Lipinski definition) is 4. The summed E-state index contributed by atoms with van der Waals surface area (Å²) >= 11 is 3.51. The van der Waals surface area contributed by atoms with E-state index in [1.165, 1.54) is 32.1 Å². The van der Waals surface area contributed by atoms with Crippen LogP contribution in [0.3, 0.4) is 0 Å². The lowest BCUT2D eigenvalue weighted by Gasteiger charge is -2.31. The number of carbonyl (C=O) groups is 1. The molecule has 3 unspecified atom stereocenters. The first-order valence-electron chi connectivity index (χ1n) is 7.77. The molecule has 0 spiro atoms. The van der Waals surface area contributed by atoms with E-state index in [2.05, 4.69) is 21.9 Å². The molecule has 0 radical (unpaired) electrons. The van der Waals surface area contributed by atoms with Crippen LogP contribution in [0.15, 0.2) is 11.6 Å². The van der Waals surface area contributed by atoms with Crippen molar-refractivity contribution in [3.63, 3.8) is 0 Å². The lowest BCUT2D eigenvalue weighted by molar-refractivity contribution is 0.228. The van der Waals surface area contributed by atoms with E-state index in [0.29, 0.717) is 17.2 Å². The third-order valence-corrected chi connectivity index (χ3v) is 6.45. The smallest absolute Gasteiger partial charge is 0.315 e. The van der Waals surface area contributed by atoms with Crippen LogP contribution in [0, 0.1) is 5.92 Å². The first kappa shape index (κ1) is 15.2. The minimum Gasteiger partial charge on any atom is -0.334 e. The summed E-state index contributed by atoms with van der Waals surface area (Å²) in [5.74, 6) is 0.574. The molecule has 0 saturated heterocycles. The van der Waals surface area contributed by atoms with Gasteiger partial charge in [0.25, 0.3) is 0 Å². The van der Waals surface area contributed by atoms with Gasteiger partial charge in [-0.25, -0.2) is 9.78 Å². The molecule has 1 aromatic rings. The van der Waals surface area contributed by atoms with Crippen molar-refractivity contribution >= 4 is 29.1 Å². The standard InChI is InChI=1S/C15H23N3OS2/c1-20-12-5-3-2-4-11(12)17-15(19)18-13(10-6-7-10)14-16-8-9-21-14/h8-13H,2-7H2,1H3,(H2,17,18,19). The third-order valence-electron chi connectivity index (χ3n) is 4.42. The molecule has 4 nitrogen and oxygen atoms in total. The van der Waals surface area contributed by atoms with Crippen molar-refractivity contribution in [3.8, 4) is 0 Å². The maximum absolute atomic E-state index is 12.4. The Bertz CT molecular complexity index is 461. The maximum Gasteiger partial charge on any atom is 0.315 e. The highest BCUT2D eigenvalue weighted by Crippen LogP contribution is 2.41. The Morgan fingerprint density at radius 2 is 2.19 bits per heavy atom. The summed E-state index contributed by atoms with van der Waals surface area (Å²) < 4.78 is 0. The van der Waals surface area contributed by atoms with Crippen LogP contribution in [0.25, 0.3) is 0 Å². The number of amides is 2. The zero-order valence-corrected chi connectivity index (χ0v) is 14.0. The summed E-state index contributed by atoms with van der Waals surface area (Å²) in [7, 11) is 0. The number of urea groups is 1. The van der Waals surface area contributed by atoms with Gasteiger partial charge in [0.2, 0.25) is 0 Å². The summed E-state index contributed by atoms with van der Waals surface area (Å²) in [6.45, 7) is 0. The lowest BCUT2D eigenvalue weighted by atomic mass is 9.95. The highest BCUT2D eigenvalue weighted by molar-refractivity contribution is 7.99. The van der Waals surface area contributed by atoms with E-state index in [0.717, 1.165) is 11.4 Å². The molecule has 3 atom stereocenters. The molecule has 1 heterocycles. The number of rotatable bonds is 5. The molecule has 1 aromatic heterocycles. The minimum atomic E-state index is -0.0203. The van der Waals surface area contributed by atoms with Crippen LogP contribution in [0.2, 0.25) is 0 Å². The van der Waals surface area contributed by atoms with Crippen LogP contribution < -0.4 is 10.6 Å². The van der Waals surface area contributed by atoms with E-state index in [-0.39, 0.29) is 12.1 Å². The number of nitrogens with one attached hydrogen (secondary N) is 2. The zero-order chi connectivity index (χ0) is 14.7. The van der Waals surface area contributed by atoms with Crippen LogP contribution >= 0.6 is 23.1 Å². The van der Waals surface area contributed by atoms with Crippen molar-refractivity contribution in [2.45, 2.75) is 55.9 Å². The predicted molar refractivity (Wildman–Crippen MR) is 88.8 cm³/mol. The Morgan fingerprint density at radius 3 is 2.86 bits per heavy atom. The molecular weight excluding hydrogens is 302 g/mol. The summed E-state index contributed by atoms with van der Waals surface area (Å²) in [5.41, 5.74) is 0. The molecule has 6 heteroatoms. The number of hydrogen-bond donors (Lipinski definition) is 2. The molecule has 3 rings (SSSR count). The molecule has 0 aromatic carbocycles. The molecule has 21 heavy (non-hydrogen) atoms. The van der Waals surface area contributed by atoms with Gasteiger partial charge in [0.05, 0.1) is 6.04 Å². The Morgan fingerprint density at radius 1 is 1.38 bits per heavy atom. The zero-order valence-electron chi connectivity index (χ0n) is 12.4. The minimum absolute atomic E-state index is 0.0203. The number of aromatic nitrogens is 1. The molecule has 2 fully saturated rings. The van der Waals surface area contributed by atoms with Gasteiger partial charge in [-0.3, -0.25) is 0 Å². The normalized spacial score (nSPS) is 27.1. The van der Waals surface area contributed by atoms with E-state index >= 15 is 0 Å². The summed E-state index contributed by atoms with van der Waals surface area (Å²) in [6.07, 6.45) is 11.2. The van der Waals surface area contributed by atoms with Crippen molar-refractivity contribution in [3.05, 3.63) is 16.6 Å². The van der Waals surface area contributed by atoms with E-state index in [4.69, 9.17) is 0 Å². The number of nitrogens with zero attached hydrogens (tertiary/aromatic N) is 1. The Labute approximate surface area is 134 Å². The van der Waals surface area contributed by atoms with Gasteiger partial charge < -0.3 is 10.6 Å².